The Morgan fingerprint density at radius 3 is 2.48 bits per heavy atom. The van der Waals surface area contributed by atoms with Crippen molar-refractivity contribution >= 4 is 21.7 Å². The fourth-order valence-electron chi connectivity index (χ4n) is 2.83. The Kier molecular flexibility index (Phi) is 6.49. The fraction of sp³-hybridized carbons (Fsp3) is 0.562. The minimum atomic E-state index is -3.13. The van der Waals surface area contributed by atoms with Gasteiger partial charge in [-0.25, -0.2) is 17.5 Å². The first kappa shape index (κ1) is 19.3. The number of amides is 2. The summed E-state index contributed by atoms with van der Waals surface area (Å²) in [6.45, 7) is 1.49. The van der Waals surface area contributed by atoms with E-state index in [2.05, 4.69) is 10.6 Å². The number of carbonyl (C=O) groups is 1. The lowest BCUT2D eigenvalue weighted by Gasteiger charge is -2.30. The number of nitrogens with zero attached hydrogens (tertiary/aromatic N) is 1. The highest BCUT2D eigenvalue weighted by atomic mass is 32.2. The zero-order chi connectivity index (χ0) is 18.4. The van der Waals surface area contributed by atoms with Gasteiger partial charge >= 0.3 is 6.03 Å². The van der Waals surface area contributed by atoms with Crippen molar-refractivity contribution in [1.82, 2.24) is 9.62 Å². The lowest BCUT2D eigenvalue weighted by Crippen LogP contribution is -2.41. The number of rotatable bonds is 6. The third-order valence-electron chi connectivity index (χ3n) is 4.24. The first-order valence-electron chi connectivity index (χ1n) is 8.06. The van der Waals surface area contributed by atoms with Gasteiger partial charge in [-0.3, -0.25) is 0 Å². The summed E-state index contributed by atoms with van der Waals surface area (Å²) in [4.78, 5) is 12.1. The topological polar surface area (TPSA) is 97.0 Å². The van der Waals surface area contributed by atoms with Crippen LogP contribution >= 0.6 is 0 Å². The zero-order valence-corrected chi connectivity index (χ0v) is 15.6. The van der Waals surface area contributed by atoms with E-state index in [1.54, 1.807) is 18.2 Å². The highest BCUT2D eigenvalue weighted by Crippen LogP contribution is 2.34. The third kappa shape index (κ3) is 5.23. The molecule has 0 aliphatic carbocycles. The SMILES string of the molecule is COc1cccc(NC(=O)NCC2CCN(S(C)(=O)=O)CC2)c1OC. The second-order valence-corrected chi connectivity index (χ2v) is 7.96. The molecule has 0 aromatic heterocycles. The number of para-hydroxylation sites is 1. The number of piperidine rings is 1. The Hall–Kier alpha value is -2.00. The summed E-state index contributed by atoms with van der Waals surface area (Å²) in [5, 5.41) is 5.58. The van der Waals surface area contributed by atoms with E-state index in [1.165, 1.54) is 24.8 Å². The van der Waals surface area contributed by atoms with Gasteiger partial charge in [0.15, 0.2) is 11.5 Å². The first-order valence-corrected chi connectivity index (χ1v) is 9.91. The molecule has 0 unspecified atom stereocenters. The molecule has 140 valence electrons. The Morgan fingerprint density at radius 1 is 1.24 bits per heavy atom. The Balaban J connectivity index is 1.84. The highest BCUT2D eigenvalue weighted by Gasteiger charge is 2.25. The molecule has 25 heavy (non-hydrogen) atoms. The van der Waals surface area contributed by atoms with Crippen LogP contribution < -0.4 is 20.1 Å². The van der Waals surface area contributed by atoms with Gasteiger partial charge in [0.1, 0.15) is 0 Å². The van der Waals surface area contributed by atoms with Crippen molar-refractivity contribution in [2.75, 3.05) is 45.4 Å². The zero-order valence-electron chi connectivity index (χ0n) is 14.7. The van der Waals surface area contributed by atoms with Gasteiger partial charge in [0, 0.05) is 19.6 Å². The maximum Gasteiger partial charge on any atom is 0.319 e. The number of nitrogens with one attached hydrogen (secondary N) is 2. The normalized spacial score (nSPS) is 16.3. The van der Waals surface area contributed by atoms with Crippen LogP contribution in [0.3, 0.4) is 0 Å². The number of urea groups is 1. The van der Waals surface area contributed by atoms with Crippen molar-refractivity contribution in [3.63, 3.8) is 0 Å². The molecule has 0 radical (unpaired) electrons. The lowest BCUT2D eigenvalue weighted by atomic mass is 9.98. The molecule has 1 aromatic carbocycles. The quantitative estimate of drug-likeness (QED) is 0.790. The molecule has 0 atom stereocenters. The van der Waals surface area contributed by atoms with Gasteiger partial charge in [0.05, 0.1) is 26.2 Å². The number of hydrogen-bond donors (Lipinski definition) is 2. The van der Waals surface area contributed by atoms with Gasteiger partial charge in [-0.15, -0.1) is 0 Å². The molecule has 0 spiro atoms. The van der Waals surface area contributed by atoms with Crippen LogP contribution in [-0.4, -0.2) is 58.9 Å². The second-order valence-electron chi connectivity index (χ2n) is 5.98. The third-order valence-corrected chi connectivity index (χ3v) is 5.55. The van der Waals surface area contributed by atoms with Crippen molar-refractivity contribution in [3.8, 4) is 11.5 Å². The fourth-order valence-corrected chi connectivity index (χ4v) is 3.71. The second kappa shape index (κ2) is 8.39. The van der Waals surface area contributed by atoms with Crippen LogP contribution in [-0.2, 0) is 10.0 Å². The van der Waals surface area contributed by atoms with Crippen molar-refractivity contribution in [1.29, 1.82) is 0 Å². The molecule has 0 bridgehead atoms. The Bertz CT molecular complexity index is 700. The molecular formula is C16H25N3O5S. The van der Waals surface area contributed by atoms with Gasteiger partial charge < -0.3 is 20.1 Å². The van der Waals surface area contributed by atoms with Crippen molar-refractivity contribution in [3.05, 3.63) is 18.2 Å². The van der Waals surface area contributed by atoms with E-state index < -0.39 is 10.0 Å². The molecule has 2 N–H and O–H groups in total. The summed E-state index contributed by atoms with van der Waals surface area (Å²) in [6, 6.07) is 4.90. The van der Waals surface area contributed by atoms with Crippen LogP contribution in [0.25, 0.3) is 0 Å². The number of anilines is 1. The van der Waals surface area contributed by atoms with Crippen LogP contribution in [0.1, 0.15) is 12.8 Å². The maximum absolute atomic E-state index is 12.1. The maximum atomic E-state index is 12.1. The first-order chi connectivity index (χ1) is 11.8. The number of hydrogen-bond acceptors (Lipinski definition) is 5. The highest BCUT2D eigenvalue weighted by molar-refractivity contribution is 7.88. The lowest BCUT2D eigenvalue weighted by molar-refractivity contribution is 0.240. The monoisotopic (exact) mass is 371 g/mol. The van der Waals surface area contributed by atoms with Gasteiger partial charge in [0.2, 0.25) is 10.0 Å². The number of sulfonamides is 1. The molecular weight excluding hydrogens is 346 g/mol. The average Bonchev–Trinajstić information content (AvgIpc) is 2.59. The van der Waals surface area contributed by atoms with Crippen LogP contribution in [0.5, 0.6) is 11.5 Å². The minimum absolute atomic E-state index is 0.260. The molecule has 0 saturated carbocycles. The van der Waals surface area contributed by atoms with E-state index in [0.717, 1.165) is 12.8 Å². The largest absolute Gasteiger partial charge is 0.493 e. The van der Waals surface area contributed by atoms with Gasteiger partial charge in [-0.1, -0.05) is 6.07 Å². The van der Waals surface area contributed by atoms with Gasteiger partial charge in [-0.2, -0.15) is 0 Å². The molecule has 1 aliphatic heterocycles. The molecule has 9 heteroatoms. The van der Waals surface area contributed by atoms with E-state index in [9.17, 15) is 13.2 Å². The molecule has 2 amide bonds. The summed E-state index contributed by atoms with van der Waals surface area (Å²) >= 11 is 0. The van der Waals surface area contributed by atoms with Gasteiger partial charge in [0.25, 0.3) is 0 Å². The summed E-state index contributed by atoms with van der Waals surface area (Å²) in [5.41, 5.74) is 0.520. The predicted octanol–water partition coefficient (Wildman–Crippen LogP) is 1.50. The van der Waals surface area contributed by atoms with E-state index in [-0.39, 0.29) is 11.9 Å². The van der Waals surface area contributed by atoms with Crippen LogP contribution in [0.2, 0.25) is 0 Å². The van der Waals surface area contributed by atoms with E-state index in [1.807, 2.05) is 0 Å². The predicted molar refractivity (Wildman–Crippen MR) is 95.7 cm³/mol. The molecule has 8 nitrogen and oxygen atoms in total. The molecule has 1 aliphatic rings. The molecule has 1 saturated heterocycles. The van der Waals surface area contributed by atoms with E-state index >= 15 is 0 Å². The Morgan fingerprint density at radius 2 is 1.92 bits per heavy atom. The van der Waals surface area contributed by atoms with Crippen LogP contribution in [0, 0.1) is 5.92 Å². The van der Waals surface area contributed by atoms with Crippen molar-refractivity contribution in [2.45, 2.75) is 12.8 Å². The summed E-state index contributed by atoms with van der Waals surface area (Å²) in [6.07, 6.45) is 2.69. The number of ether oxygens (including phenoxy) is 2. The van der Waals surface area contributed by atoms with E-state index in [0.29, 0.717) is 36.8 Å². The summed E-state index contributed by atoms with van der Waals surface area (Å²) in [5.74, 6) is 1.26. The van der Waals surface area contributed by atoms with Crippen LogP contribution in [0.4, 0.5) is 10.5 Å². The smallest absolute Gasteiger partial charge is 0.319 e. The number of benzene rings is 1. The molecule has 1 fully saturated rings. The Labute approximate surface area is 148 Å². The van der Waals surface area contributed by atoms with Crippen molar-refractivity contribution < 1.29 is 22.7 Å². The van der Waals surface area contributed by atoms with Crippen molar-refractivity contribution in [2.24, 2.45) is 5.92 Å². The summed E-state index contributed by atoms with van der Waals surface area (Å²) < 4.78 is 35.0. The molecule has 1 aromatic rings. The minimum Gasteiger partial charge on any atom is -0.493 e. The standard InChI is InChI=1S/C16H25N3O5S/c1-23-14-6-4-5-13(15(14)24-2)18-16(20)17-11-12-7-9-19(10-8-12)25(3,21)22/h4-6,12H,7-11H2,1-3H3,(H2,17,18,20). The average molecular weight is 371 g/mol. The number of methoxy groups -OCH3 is 2. The van der Waals surface area contributed by atoms with Gasteiger partial charge in [-0.05, 0) is 30.9 Å². The van der Waals surface area contributed by atoms with E-state index in [4.69, 9.17) is 9.47 Å². The number of carbonyl (C=O) groups excluding carboxylic acids is 1. The molecule has 2 rings (SSSR count). The molecule has 1 heterocycles. The summed E-state index contributed by atoms with van der Waals surface area (Å²) in [7, 11) is -0.0850. The van der Waals surface area contributed by atoms with Crippen LogP contribution in [0.15, 0.2) is 18.2 Å².